The number of benzene rings is 2. The van der Waals surface area contributed by atoms with Crippen LogP contribution in [0, 0.1) is 0 Å². The second kappa shape index (κ2) is 7.79. The van der Waals surface area contributed by atoms with Gasteiger partial charge in [0.25, 0.3) is 0 Å². The van der Waals surface area contributed by atoms with Crippen LogP contribution in [0.5, 0.6) is 0 Å². The Morgan fingerprint density at radius 1 is 0.667 bits per heavy atom. The molecular weight excluding hydrogens is 328 g/mol. The van der Waals surface area contributed by atoms with E-state index in [4.69, 9.17) is 4.98 Å². The molecule has 4 aromatic rings. The van der Waals surface area contributed by atoms with Gasteiger partial charge in [0.05, 0.1) is 11.4 Å². The van der Waals surface area contributed by atoms with Gasteiger partial charge in [-0.25, -0.2) is 9.55 Å². The lowest BCUT2D eigenvalue weighted by molar-refractivity contribution is -0.671. The summed E-state index contributed by atoms with van der Waals surface area (Å²) in [5.74, 6) is 0. The number of pyridine rings is 2. The van der Waals surface area contributed by atoms with Gasteiger partial charge in [0.2, 0.25) is 0 Å². The first-order valence-corrected chi connectivity index (χ1v) is 9.04. The zero-order chi connectivity index (χ0) is 18.5. The van der Waals surface area contributed by atoms with Gasteiger partial charge in [-0.05, 0) is 34.9 Å². The fraction of sp³-hybridized carbons (Fsp3) is 0.0400. The van der Waals surface area contributed by atoms with Gasteiger partial charge >= 0.3 is 0 Å². The minimum atomic E-state index is 0.948. The molecule has 2 aromatic heterocycles. The maximum absolute atomic E-state index is 4.87. The molecule has 0 aliphatic rings. The van der Waals surface area contributed by atoms with Crippen molar-refractivity contribution in [2.45, 2.75) is 0 Å². The lowest BCUT2D eigenvalue weighted by Crippen LogP contribution is -2.25. The highest BCUT2D eigenvalue weighted by Gasteiger charge is 2.05. The molecule has 0 aliphatic carbocycles. The summed E-state index contributed by atoms with van der Waals surface area (Å²) in [7, 11) is 2.02. The van der Waals surface area contributed by atoms with Gasteiger partial charge in [0, 0.05) is 17.7 Å². The number of aromatic nitrogens is 2. The fourth-order valence-corrected chi connectivity index (χ4v) is 3.00. The molecule has 2 nitrogen and oxygen atoms in total. The Hall–Kier alpha value is -3.52. The van der Waals surface area contributed by atoms with Gasteiger partial charge in [-0.3, -0.25) is 0 Å². The normalized spacial score (nSPS) is 11.0. The molecule has 0 fully saturated rings. The highest BCUT2D eigenvalue weighted by atomic mass is 14.9. The predicted molar refractivity (Wildman–Crippen MR) is 112 cm³/mol. The van der Waals surface area contributed by atoms with Crippen molar-refractivity contribution in [3.8, 4) is 22.4 Å². The van der Waals surface area contributed by atoms with Crippen LogP contribution in [0.15, 0.2) is 97.3 Å². The smallest absolute Gasteiger partial charge is 0.169 e. The van der Waals surface area contributed by atoms with E-state index >= 15 is 0 Å². The van der Waals surface area contributed by atoms with Gasteiger partial charge in [0.15, 0.2) is 12.4 Å². The standard InChI is InChI=1S/C25H21N2/c1-27-16-14-20(15-17-27)12-13-24-18-23(21-8-4-2-5-9-21)19-25(26-24)22-10-6-3-7-11-22/h2-19H,1H3/q+1/b13-12-. The van der Waals surface area contributed by atoms with Gasteiger partial charge in [-0.1, -0.05) is 66.7 Å². The van der Waals surface area contributed by atoms with E-state index in [0.717, 1.165) is 22.5 Å². The third kappa shape index (κ3) is 4.18. The molecule has 4 rings (SSSR count). The van der Waals surface area contributed by atoms with Gasteiger partial charge in [-0.15, -0.1) is 0 Å². The highest BCUT2D eigenvalue weighted by Crippen LogP contribution is 2.26. The fourth-order valence-electron chi connectivity index (χ4n) is 3.00. The molecule has 0 spiro atoms. The van der Waals surface area contributed by atoms with Crippen molar-refractivity contribution >= 4 is 12.2 Å². The van der Waals surface area contributed by atoms with Crippen LogP contribution in [-0.2, 0) is 7.05 Å². The van der Waals surface area contributed by atoms with E-state index in [1.54, 1.807) is 0 Å². The summed E-state index contributed by atoms with van der Waals surface area (Å²) in [5, 5.41) is 0. The maximum atomic E-state index is 4.87. The Labute approximate surface area is 160 Å². The van der Waals surface area contributed by atoms with E-state index < -0.39 is 0 Å². The number of aryl methyl sites for hydroxylation is 1. The summed E-state index contributed by atoms with van der Waals surface area (Å²) in [5.41, 5.74) is 6.57. The zero-order valence-electron chi connectivity index (χ0n) is 15.3. The Morgan fingerprint density at radius 3 is 1.96 bits per heavy atom. The molecule has 27 heavy (non-hydrogen) atoms. The molecular formula is C25H21N2+. The largest absolute Gasteiger partial charge is 0.248 e. The molecule has 0 aliphatic heterocycles. The molecule has 0 unspecified atom stereocenters. The molecule has 0 N–H and O–H groups in total. The van der Waals surface area contributed by atoms with E-state index in [-0.39, 0.29) is 0 Å². The first kappa shape index (κ1) is 16.9. The summed E-state index contributed by atoms with van der Waals surface area (Å²) in [6, 6.07) is 29.2. The maximum Gasteiger partial charge on any atom is 0.169 e. The van der Waals surface area contributed by atoms with Crippen molar-refractivity contribution in [3.63, 3.8) is 0 Å². The van der Waals surface area contributed by atoms with E-state index in [1.165, 1.54) is 11.1 Å². The van der Waals surface area contributed by atoms with E-state index in [2.05, 4.69) is 72.8 Å². The van der Waals surface area contributed by atoms with E-state index in [0.29, 0.717) is 0 Å². The highest BCUT2D eigenvalue weighted by molar-refractivity contribution is 5.76. The van der Waals surface area contributed by atoms with Gasteiger partial charge < -0.3 is 0 Å². The third-order valence-electron chi connectivity index (χ3n) is 4.47. The molecule has 2 heteroatoms. The third-order valence-corrected chi connectivity index (χ3v) is 4.47. The van der Waals surface area contributed by atoms with Crippen molar-refractivity contribution in [2.75, 3.05) is 0 Å². The van der Waals surface area contributed by atoms with Crippen molar-refractivity contribution in [3.05, 3.63) is 109 Å². The second-order valence-corrected chi connectivity index (χ2v) is 6.53. The van der Waals surface area contributed by atoms with Crippen LogP contribution < -0.4 is 4.57 Å². The summed E-state index contributed by atoms with van der Waals surface area (Å²) in [4.78, 5) is 4.87. The van der Waals surface area contributed by atoms with Crippen LogP contribution in [0.3, 0.4) is 0 Å². The first-order chi connectivity index (χ1) is 13.3. The quantitative estimate of drug-likeness (QED) is 0.450. The average Bonchev–Trinajstić information content (AvgIpc) is 2.74. The lowest BCUT2D eigenvalue weighted by Gasteiger charge is -2.08. The lowest BCUT2D eigenvalue weighted by atomic mass is 10.0. The minimum absolute atomic E-state index is 0.948. The van der Waals surface area contributed by atoms with E-state index in [1.807, 2.05) is 48.3 Å². The van der Waals surface area contributed by atoms with Crippen molar-refractivity contribution in [1.29, 1.82) is 0 Å². The monoisotopic (exact) mass is 349 g/mol. The molecule has 2 aromatic carbocycles. The number of hydrogen-bond donors (Lipinski definition) is 0. The molecule has 2 heterocycles. The van der Waals surface area contributed by atoms with Crippen molar-refractivity contribution in [1.82, 2.24) is 4.98 Å². The molecule has 0 amide bonds. The Bertz CT molecular complexity index is 993. The van der Waals surface area contributed by atoms with E-state index in [9.17, 15) is 0 Å². The predicted octanol–water partition coefficient (Wildman–Crippen LogP) is 5.41. The SMILES string of the molecule is C[n+]1ccc(/C=C\c2cc(-c3ccccc3)cc(-c3ccccc3)n2)cc1. The second-order valence-electron chi connectivity index (χ2n) is 6.53. The minimum Gasteiger partial charge on any atom is -0.248 e. The van der Waals surface area contributed by atoms with Crippen molar-refractivity contribution < 1.29 is 4.57 Å². The molecule has 0 atom stereocenters. The number of hydrogen-bond acceptors (Lipinski definition) is 1. The van der Waals surface area contributed by atoms with Gasteiger partial charge in [-0.2, -0.15) is 0 Å². The molecule has 0 bridgehead atoms. The van der Waals surface area contributed by atoms with Crippen LogP contribution >= 0.6 is 0 Å². The van der Waals surface area contributed by atoms with Crippen LogP contribution in [0.2, 0.25) is 0 Å². The molecule has 130 valence electrons. The molecule has 0 radical (unpaired) electrons. The Kier molecular flexibility index (Phi) is 4.88. The van der Waals surface area contributed by atoms with Crippen LogP contribution in [0.25, 0.3) is 34.5 Å². The topological polar surface area (TPSA) is 16.8 Å². The van der Waals surface area contributed by atoms with Gasteiger partial charge in [0.1, 0.15) is 7.05 Å². The Morgan fingerprint density at radius 2 is 1.30 bits per heavy atom. The van der Waals surface area contributed by atoms with Crippen LogP contribution in [0.4, 0.5) is 0 Å². The van der Waals surface area contributed by atoms with Crippen LogP contribution in [-0.4, -0.2) is 4.98 Å². The summed E-state index contributed by atoms with van der Waals surface area (Å²) < 4.78 is 2.03. The first-order valence-electron chi connectivity index (χ1n) is 9.04. The summed E-state index contributed by atoms with van der Waals surface area (Å²) in [6.45, 7) is 0. The number of nitrogens with zero attached hydrogens (tertiary/aromatic N) is 2. The van der Waals surface area contributed by atoms with Crippen molar-refractivity contribution in [2.24, 2.45) is 7.05 Å². The summed E-state index contributed by atoms with van der Waals surface area (Å²) in [6.07, 6.45) is 8.27. The van der Waals surface area contributed by atoms with Crippen LogP contribution in [0.1, 0.15) is 11.3 Å². The zero-order valence-corrected chi connectivity index (χ0v) is 15.3. The Balaban J connectivity index is 1.77. The number of rotatable bonds is 4. The molecule has 0 saturated carbocycles. The summed E-state index contributed by atoms with van der Waals surface area (Å²) >= 11 is 0. The molecule has 0 saturated heterocycles. The average molecular weight is 349 g/mol.